The maximum atomic E-state index is 14.9. The van der Waals surface area contributed by atoms with Crippen molar-refractivity contribution in [3.63, 3.8) is 0 Å². The molecule has 0 saturated carbocycles. The lowest BCUT2D eigenvalue weighted by atomic mass is 10.1. The Morgan fingerprint density at radius 2 is 2.19 bits per heavy atom. The van der Waals surface area contributed by atoms with Crippen molar-refractivity contribution in [3.05, 3.63) is 48.0 Å². The van der Waals surface area contributed by atoms with E-state index >= 15 is 0 Å². The second-order valence-corrected chi connectivity index (χ2v) is 7.25. The number of hydrogen-bond acceptors (Lipinski definition) is 8. The highest BCUT2D eigenvalue weighted by Gasteiger charge is 2.33. The molecule has 0 bridgehead atoms. The van der Waals surface area contributed by atoms with Gasteiger partial charge in [0.1, 0.15) is 24.2 Å². The van der Waals surface area contributed by atoms with Crippen molar-refractivity contribution >= 4 is 23.7 Å². The van der Waals surface area contributed by atoms with Crippen LogP contribution >= 0.6 is 0 Å². The Morgan fingerprint density at radius 1 is 1.34 bits per heavy atom. The number of aromatic nitrogens is 1. The lowest BCUT2D eigenvalue weighted by Gasteiger charge is -2.23. The zero-order valence-corrected chi connectivity index (χ0v) is 17.6. The van der Waals surface area contributed by atoms with E-state index in [0.717, 1.165) is 0 Å². The average molecular weight is 443 g/mol. The van der Waals surface area contributed by atoms with Crippen molar-refractivity contribution in [1.29, 1.82) is 0 Å². The molecule has 168 valence electrons. The van der Waals surface area contributed by atoms with Gasteiger partial charge in [0.25, 0.3) is 0 Å². The summed E-state index contributed by atoms with van der Waals surface area (Å²) in [6.45, 7) is 1.49. The van der Waals surface area contributed by atoms with E-state index in [2.05, 4.69) is 20.2 Å². The normalized spacial score (nSPS) is 18.0. The van der Waals surface area contributed by atoms with Crippen LogP contribution in [-0.4, -0.2) is 74.4 Å². The molecule has 0 radical (unpaired) electrons. The van der Waals surface area contributed by atoms with E-state index in [4.69, 9.17) is 9.57 Å². The highest BCUT2D eigenvalue weighted by atomic mass is 19.1. The van der Waals surface area contributed by atoms with Crippen LogP contribution < -0.4 is 10.2 Å². The number of carbonyl (C=O) groups excluding carboxylic acids is 2. The lowest BCUT2D eigenvalue weighted by molar-refractivity contribution is 0.109. The van der Waals surface area contributed by atoms with Gasteiger partial charge in [0.2, 0.25) is 0 Å². The number of amides is 2. The number of oxime groups is 1. The van der Waals surface area contributed by atoms with Gasteiger partial charge >= 0.3 is 12.2 Å². The number of halogens is 1. The second kappa shape index (κ2) is 9.08. The summed E-state index contributed by atoms with van der Waals surface area (Å²) in [5.74, 6) is 0.110. The van der Waals surface area contributed by atoms with E-state index in [1.807, 2.05) is 11.9 Å². The van der Waals surface area contributed by atoms with Gasteiger partial charge in [-0.1, -0.05) is 11.2 Å². The molecule has 0 aliphatic carbocycles. The van der Waals surface area contributed by atoms with Crippen LogP contribution in [0.3, 0.4) is 0 Å². The standard InChI is InChI=1S/C21H22FN5O5/c1-26-7-8-31-25-19(26)18-6-3-13(10-23-18)16-5-4-14(9-17(16)22)27-12-15(32-21(27)29)11-24-20(28)30-2/h3-6,9-10,15H,7-8,11-12H2,1-2H3,(H,24,28)/t15-/m0/s1. The molecule has 11 heteroatoms. The molecule has 0 unspecified atom stereocenters. The van der Waals surface area contributed by atoms with Crippen molar-refractivity contribution in [1.82, 2.24) is 15.2 Å². The Morgan fingerprint density at radius 3 is 2.88 bits per heavy atom. The summed E-state index contributed by atoms with van der Waals surface area (Å²) in [5.41, 5.74) is 1.91. The van der Waals surface area contributed by atoms with Crippen LogP contribution in [0.2, 0.25) is 0 Å². The monoisotopic (exact) mass is 443 g/mol. The molecule has 32 heavy (non-hydrogen) atoms. The Bertz CT molecular complexity index is 1050. The van der Waals surface area contributed by atoms with Crippen LogP contribution in [-0.2, 0) is 14.3 Å². The van der Waals surface area contributed by atoms with Crippen molar-refractivity contribution in [3.8, 4) is 11.1 Å². The highest BCUT2D eigenvalue weighted by Crippen LogP contribution is 2.29. The predicted molar refractivity (Wildman–Crippen MR) is 113 cm³/mol. The lowest BCUT2D eigenvalue weighted by Crippen LogP contribution is -2.34. The van der Waals surface area contributed by atoms with E-state index in [0.29, 0.717) is 41.5 Å². The van der Waals surface area contributed by atoms with Gasteiger partial charge in [0.15, 0.2) is 5.84 Å². The minimum absolute atomic E-state index is 0.0962. The van der Waals surface area contributed by atoms with Gasteiger partial charge in [0, 0.05) is 24.4 Å². The summed E-state index contributed by atoms with van der Waals surface area (Å²) < 4.78 is 24.6. The molecule has 2 aliphatic heterocycles. The molecule has 4 rings (SSSR count). The third kappa shape index (κ3) is 4.41. The summed E-state index contributed by atoms with van der Waals surface area (Å²) in [6.07, 6.45) is -0.230. The number of hydrogen-bond donors (Lipinski definition) is 1. The summed E-state index contributed by atoms with van der Waals surface area (Å²) in [7, 11) is 3.14. The third-order valence-corrected chi connectivity index (χ3v) is 5.13. The Balaban J connectivity index is 1.47. The maximum absolute atomic E-state index is 14.9. The summed E-state index contributed by atoms with van der Waals surface area (Å²) in [6, 6.07) is 8.00. The number of methoxy groups -OCH3 is 1. The van der Waals surface area contributed by atoms with E-state index in [1.54, 1.807) is 30.5 Å². The van der Waals surface area contributed by atoms with Crippen LogP contribution in [0.5, 0.6) is 0 Å². The topological polar surface area (TPSA) is 106 Å². The molecule has 10 nitrogen and oxygen atoms in total. The molecule has 2 aliphatic rings. The molecule has 1 saturated heterocycles. The number of benzene rings is 1. The Kier molecular flexibility index (Phi) is 6.06. The van der Waals surface area contributed by atoms with Crippen molar-refractivity contribution < 1.29 is 28.3 Å². The van der Waals surface area contributed by atoms with E-state index in [1.165, 1.54) is 18.1 Å². The van der Waals surface area contributed by atoms with Gasteiger partial charge in [-0.3, -0.25) is 9.88 Å². The molecular formula is C21H22FN5O5. The van der Waals surface area contributed by atoms with Crippen LogP contribution in [0.15, 0.2) is 41.7 Å². The molecule has 3 heterocycles. The number of amidine groups is 1. The summed E-state index contributed by atoms with van der Waals surface area (Å²) in [4.78, 5) is 36.1. The Hall–Kier alpha value is -3.89. The quantitative estimate of drug-likeness (QED) is 0.755. The zero-order valence-electron chi connectivity index (χ0n) is 17.6. The molecule has 1 aromatic heterocycles. The average Bonchev–Trinajstić information content (AvgIpc) is 3.18. The van der Waals surface area contributed by atoms with Gasteiger partial charge in [-0.25, -0.2) is 14.0 Å². The number of alkyl carbamates (subject to hydrolysis) is 1. The fraction of sp³-hybridized carbons (Fsp3) is 0.333. The van der Waals surface area contributed by atoms with Crippen molar-refractivity contribution in [2.45, 2.75) is 6.10 Å². The first-order chi connectivity index (χ1) is 15.5. The number of nitrogens with one attached hydrogen (secondary N) is 1. The number of carbonyl (C=O) groups is 2. The van der Waals surface area contributed by atoms with Crippen LogP contribution in [0.25, 0.3) is 11.1 Å². The number of cyclic esters (lactones) is 1. The first-order valence-corrected chi connectivity index (χ1v) is 9.93. The van der Waals surface area contributed by atoms with Gasteiger partial charge < -0.3 is 24.5 Å². The zero-order chi connectivity index (χ0) is 22.7. The Labute approximate surface area is 183 Å². The van der Waals surface area contributed by atoms with Gasteiger partial charge in [-0.05, 0) is 24.3 Å². The van der Waals surface area contributed by atoms with Crippen LogP contribution in [0.4, 0.5) is 19.7 Å². The number of ether oxygens (including phenoxy) is 2. The molecule has 1 aromatic carbocycles. The van der Waals surface area contributed by atoms with E-state index in [-0.39, 0.29) is 13.1 Å². The predicted octanol–water partition coefficient (Wildman–Crippen LogP) is 2.19. The van der Waals surface area contributed by atoms with Gasteiger partial charge in [0.05, 0.1) is 32.4 Å². The van der Waals surface area contributed by atoms with Crippen LogP contribution in [0, 0.1) is 5.82 Å². The van der Waals surface area contributed by atoms with E-state index in [9.17, 15) is 14.0 Å². The number of nitrogens with zero attached hydrogens (tertiary/aromatic N) is 4. The fourth-order valence-corrected chi connectivity index (χ4v) is 3.40. The van der Waals surface area contributed by atoms with Crippen LogP contribution in [0.1, 0.15) is 5.69 Å². The number of likely N-dealkylation sites (N-methyl/N-ethyl adjacent to an activating group) is 1. The molecule has 0 spiro atoms. The highest BCUT2D eigenvalue weighted by molar-refractivity contribution is 5.97. The maximum Gasteiger partial charge on any atom is 0.414 e. The second-order valence-electron chi connectivity index (χ2n) is 7.25. The fourth-order valence-electron chi connectivity index (χ4n) is 3.40. The minimum Gasteiger partial charge on any atom is -0.453 e. The van der Waals surface area contributed by atoms with Gasteiger partial charge in [-0.2, -0.15) is 0 Å². The van der Waals surface area contributed by atoms with Crippen molar-refractivity contribution in [2.24, 2.45) is 5.16 Å². The SMILES string of the molecule is COC(=O)NC[C@H]1CN(c2ccc(-c3ccc(C4=NOCCN4C)nc3)c(F)c2)C(=O)O1. The first-order valence-electron chi connectivity index (χ1n) is 9.93. The first kappa shape index (κ1) is 21.3. The molecule has 1 atom stereocenters. The molecule has 2 aromatic rings. The summed E-state index contributed by atoms with van der Waals surface area (Å²) >= 11 is 0. The minimum atomic E-state index is -0.621. The van der Waals surface area contributed by atoms with Gasteiger partial charge in [-0.15, -0.1) is 0 Å². The largest absolute Gasteiger partial charge is 0.453 e. The smallest absolute Gasteiger partial charge is 0.414 e. The number of rotatable bonds is 5. The van der Waals surface area contributed by atoms with E-state index < -0.39 is 24.1 Å². The molecule has 2 amide bonds. The third-order valence-electron chi connectivity index (χ3n) is 5.13. The molecular weight excluding hydrogens is 421 g/mol. The van der Waals surface area contributed by atoms with Crippen molar-refractivity contribution in [2.75, 3.05) is 45.3 Å². The number of anilines is 1. The molecule has 1 N–H and O–H groups in total. The molecule has 1 fully saturated rings. The number of pyridine rings is 1. The summed E-state index contributed by atoms with van der Waals surface area (Å²) in [5, 5.41) is 6.50.